The lowest BCUT2D eigenvalue weighted by Crippen LogP contribution is -2.22. The lowest BCUT2D eigenvalue weighted by molar-refractivity contribution is -0.122. The molecule has 0 spiro atoms. The Bertz CT molecular complexity index is 114. The quantitative estimate of drug-likeness (QED) is 0.605. The number of hydrogen-bond donors (Lipinski definition) is 2. The second-order valence-corrected chi connectivity index (χ2v) is 3.23. The first-order valence-corrected chi connectivity index (χ1v) is 3.96. The van der Waals surface area contributed by atoms with Crippen LogP contribution in [-0.2, 0) is 4.79 Å². The topological polar surface area (TPSA) is 29.1 Å². The molecule has 0 saturated carbocycles. The molecule has 0 aromatic carbocycles. The van der Waals surface area contributed by atoms with Gasteiger partial charge in [0.1, 0.15) is 0 Å². The third kappa shape index (κ3) is 3.77. The molecule has 0 bridgehead atoms. The van der Waals surface area contributed by atoms with Gasteiger partial charge in [0.05, 0.1) is 0 Å². The second kappa shape index (κ2) is 4.61. The van der Waals surface area contributed by atoms with E-state index < -0.39 is 0 Å². The van der Waals surface area contributed by atoms with Crippen LogP contribution >= 0.6 is 12.8 Å². The number of carbonyl (C=O) groups excluding carboxylic acids is 1. The molecule has 0 saturated heterocycles. The zero-order valence-electron chi connectivity index (χ0n) is 6.72. The van der Waals surface area contributed by atoms with Crippen LogP contribution < -0.4 is 4.72 Å². The first-order valence-electron chi connectivity index (χ1n) is 3.51. The predicted octanol–water partition coefficient (Wildman–Crippen LogP) is 1.63. The summed E-state index contributed by atoms with van der Waals surface area (Å²) in [6, 6.07) is 0. The molecular weight excluding hydrogens is 146 g/mol. The van der Waals surface area contributed by atoms with E-state index in [1.807, 2.05) is 6.92 Å². The number of rotatable bonds is 3. The van der Waals surface area contributed by atoms with E-state index in [2.05, 4.69) is 31.4 Å². The fourth-order valence-corrected chi connectivity index (χ4v) is 1.14. The van der Waals surface area contributed by atoms with E-state index >= 15 is 0 Å². The maximum atomic E-state index is 10.9. The Kier molecular flexibility index (Phi) is 4.52. The van der Waals surface area contributed by atoms with Gasteiger partial charge >= 0.3 is 0 Å². The molecule has 0 radical (unpaired) electrons. The van der Waals surface area contributed by atoms with Crippen LogP contribution in [0.1, 0.15) is 27.2 Å². The van der Waals surface area contributed by atoms with Gasteiger partial charge in [-0.1, -0.05) is 33.6 Å². The smallest absolute Gasteiger partial charge is 0.232 e. The number of hydrogen-bond acceptors (Lipinski definition) is 2. The van der Waals surface area contributed by atoms with Crippen molar-refractivity contribution in [3.8, 4) is 0 Å². The maximum Gasteiger partial charge on any atom is 0.232 e. The van der Waals surface area contributed by atoms with Crippen molar-refractivity contribution in [1.29, 1.82) is 0 Å². The molecule has 0 fully saturated rings. The summed E-state index contributed by atoms with van der Waals surface area (Å²) in [4.78, 5) is 10.9. The highest BCUT2D eigenvalue weighted by atomic mass is 32.1. The lowest BCUT2D eigenvalue weighted by Gasteiger charge is -2.10. The first-order chi connectivity index (χ1) is 4.57. The SMILES string of the molecule is CC(C)CC(C)C(=O)NS. The van der Waals surface area contributed by atoms with Crippen LogP contribution in [-0.4, -0.2) is 5.91 Å². The minimum Gasteiger partial charge on any atom is -0.303 e. The van der Waals surface area contributed by atoms with Gasteiger partial charge in [-0.25, -0.2) is 0 Å². The van der Waals surface area contributed by atoms with Crippen molar-refractivity contribution in [3.63, 3.8) is 0 Å². The number of carbonyl (C=O) groups is 1. The van der Waals surface area contributed by atoms with Crippen molar-refractivity contribution in [2.24, 2.45) is 11.8 Å². The van der Waals surface area contributed by atoms with Crippen LogP contribution in [0.3, 0.4) is 0 Å². The molecule has 3 heteroatoms. The minimum atomic E-state index is 0.0111. The molecule has 2 nitrogen and oxygen atoms in total. The van der Waals surface area contributed by atoms with Gasteiger partial charge in [0, 0.05) is 5.92 Å². The fourth-order valence-electron chi connectivity index (χ4n) is 0.924. The average Bonchev–Trinajstić information content (AvgIpc) is 1.85. The summed E-state index contributed by atoms with van der Waals surface area (Å²) in [6.45, 7) is 6.11. The van der Waals surface area contributed by atoms with Crippen LogP contribution in [0.2, 0.25) is 0 Å². The summed E-state index contributed by atoms with van der Waals surface area (Å²) in [7, 11) is 0. The Labute approximate surface area is 67.9 Å². The van der Waals surface area contributed by atoms with E-state index in [0.717, 1.165) is 6.42 Å². The van der Waals surface area contributed by atoms with Crippen molar-refractivity contribution in [3.05, 3.63) is 0 Å². The van der Waals surface area contributed by atoms with Gasteiger partial charge in [0.15, 0.2) is 0 Å². The van der Waals surface area contributed by atoms with Gasteiger partial charge in [0.2, 0.25) is 5.91 Å². The Morgan fingerprint density at radius 2 is 2.00 bits per heavy atom. The number of thiol groups is 1. The molecule has 0 rings (SSSR count). The highest BCUT2D eigenvalue weighted by Crippen LogP contribution is 2.10. The predicted molar refractivity (Wildman–Crippen MR) is 45.7 cm³/mol. The van der Waals surface area contributed by atoms with E-state index in [-0.39, 0.29) is 11.8 Å². The lowest BCUT2D eigenvalue weighted by atomic mass is 9.99. The van der Waals surface area contributed by atoms with Crippen LogP contribution in [0.5, 0.6) is 0 Å². The second-order valence-electron chi connectivity index (χ2n) is 3.01. The summed E-state index contributed by atoms with van der Waals surface area (Å²) in [5.41, 5.74) is 0. The Hall–Kier alpha value is -0.180. The van der Waals surface area contributed by atoms with Crippen molar-refractivity contribution >= 4 is 18.7 Å². The normalized spacial score (nSPS) is 13.3. The Morgan fingerprint density at radius 3 is 2.30 bits per heavy atom. The molecular formula is C7H15NOS. The molecule has 10 heavy (non-hydrogen) atoms. The summed E-state index contributed by atoms with van der Waals surface area (Å²) < 4.78 is 2.33. The summed E-state index contributed by atoms with van der Waals surface area (Å²) in [6.07, 6.45) is 0.923. The molecule has 1 amide bonds. The van der Waals surface area contributed by atoms with Crippen molar-refractivity contribution < 1.29 is 4.79 Å². The van der Waals surface area contributed by atoms with E-state index in [4.69, 9.17) is 0 Å². The minimum absolute atomic E-state index is 0.0111. The molecule has 60 valence electrons. The third-order valence-electron chi connectivity index (χ3n) is 1.38. The molecule has 1 N–H and O–H groups in total. The number of amides is 1. The summed E-state index contributed by atoms with van der Waals surface area (Å²) in [5, 5.41) is 0. The van der Waals surface area contributed by atoms with E-state index in [9.17, 15) is 4.79 Å². The summed E-state index contributed by atoms with van der Waals surface area (Å²) in [5.74, 6) is 0.662. The molecule has 0 aromatic rings. The maximum absolute atomic E-state index is 10.9. The Balaban J connectivity index is 3.61. The van der Waals surface area contributed by atoms with Gasteiger partial charge in [-0.3, -0.25) is 4.79 Å². The molecule has 0 aliphatic heterocycles. The van der Waals surface area contributed by atoms with Gasteiger partial charge < -0.3 is 4.72 Å². The Morgan fingerprint density at radius 1 is 1.50 bits per heavy atom. The van der Waals surface area contributed by atoms with E-state index in [1.54, 1.807) is 0 Å². The number of nitrogens with one attached hydrogen (secondary N) is 1. The van der Waals surface area contributed by atoms with Crippen LogP contribution in [0.4, 0.5) is 0 Å². The average molecular weight is 161 g/mol. The van der Waals surface area contributed by atoms with Crippen molar-refractivity contribution in [2.45, 2.75) is 27.2 Å². The van der Waals surface area contributed by atoms with Crippen LogP contribution in [0.15, 0.2) is 0 Å². The third-order valence-corrected chi connectivity index (χ3v) is 1.60. The standard InChI is InChI=1S/C7H15NOS/c1-5(2)4-6(3)7(9)8-10/h5-6,10H,4H2,1-3H3,(H,8,9). The van der Waals surface area contributed by atoms with Crippen LogP contribution in [0.25, 0.3) is 0 Å². The first kappa shape index (κ1) is 9.82. The molecule has 1 unspecified atom stereocenters. The monoisotopic (exact) mass is 161 g/mol. The van der Waals surface area contributed by atoms with Crippen molar-refractivity contribution in [2.75, 3.05) is 0 Å². The van der Waals surface area contributed by atoms with Crippen molar-refractivity contribution in [1.82, 2.24) is 4.72 Å². The molecule has 0 heterocycles. The van der Waals surface area contributed by atoms with Gasteiger partial charge in [-0.2, -0.15) is 0 Å². The summed E-state index contributed by atoms with van der Waals surface area (Å²) >= 11 is 3.68. The molecule has 0 aliphatic carbocycles. The van der Waals surface area contributed by atoms with Crippen LogP contribution in [0, 0.1) is 11.8 Å². The van der Waals surface area contributed by atoms with E-state index in [0.29, 0.717) is 5.92 Å². The molecule has 1 atom stereocenters. The van der Waals surface area contributed by atoms with Gasteiger partial charge in [-0.15, -0.1) is 0 Å². The van der Waals surface area contributed by atoms with Gasteiger partial charge in [0.25, 0.3) is 0 Å². The zero-order chi connectivity index (χ0) is 8.15. The molecule has 0 aromatic heterocycles. The van der Waals surface area contributed by atoms with Gasteiger partial charge in [-0.05, 0) is 12.3 Å². The largest absolute Gasteiger partial charge is 0.303 e. The fraction of sp³-hybridized carbons (Fsp3) is 0.857. The highest BCUT2D eigenvalue weighted by Gasteiger charge is 2.11. The zero-order valence-corrected chi connectivity index (χ0v) is 7.61. The van der Waals surface area contributed by atoms with E-state index in [1.165, 1.54) is 0 Å². The highest BCUT2D eigenvalue weighted by molar-refractivity contribution is 7.78. The molecule has 0 aliphatic rings.